The van der Waals surface area contributed by atoms with Crippen molar-refractivity contribution in [3.8, 4) is 17.1 Å². The van der Waals surface area contributed by atoms with Crippen LogP contribution in [0.3, 0.4) is 0 Å². The lowest BCUT2D eigenvalue weighted by Crippen LogP contribution is -2.12. The molecule has 0 radical (unpaired) electrons. The first-order valence-electron chi connectivity index (χ1n) is 7.66. The molecule has 1 N–H and O–H groups in total. The van der Waals surface area contributed by atoms with Crippen molar-refractivity contribution in [1.29, 1.82) is 0 Å². The highest BCUT2D eigenvalue weighted by Gasteiger charge is 2.05. The molecule has 1 aromatic heterocycles. The molecule has 0 atom stereocenters. The minimum absolute atomic E-state index is 0.0155. The third-order valence-corrected chi connectivity index (χ3v) is 3.69. The normalized spacial score (nSPS) is 10.4. The van der Waals surface area contributed by atoms with Crippen LogP contribution in [0.25, 0.3) is 11.3 Å². The first-order chi connectivity index (χ1) is 11.7. The molecule has 1 heterocycles. The Morgan fingerprint density at radius 3 is 2.50 bits per heavy atom. The average Bonchev–Trinajstić information content (AvgIpc) is 3.16. The van der Waals surface area contributed by atoms with Crippen molar-refractivity contribution >= 4 is 11.6 Å². The maximum atomic E-state index is 12.1. The largest absolute Gasteiger partial charge is 0.497 e. The number of carbonyl (C=O) groups is 1. The third kappa shape index (κ3) is 4.01. The molecule has 0 aliphatic heterocycles. The number of methoxy groups -OCH3 is 1. The number of benzene rings is 2. The Balaban J connectivity index is 1.52. The maximum absolute atomic E-state index is 12.1. The number of aromatic nitrogens is 1. The molecule has 3 aromatic rings. The van der Waals surface area contributed by atoms with E-state index in [9.17, 15) is 4.79 Å². The SMILES string of the molecule is COc1ccc(CCC(=O)Nc2ccc(-c3cnco3)cc2)cc1. The molecule has 1 amide bonds. The van der Waals surface area contributed by atoms with Gasteiger partial charge in [-0.3, -0.25) is 4.79 Å². The summed E-state index contributed by atoms with van der Waals surface area (Å²) in [5.41, 5.74) is 2.79. The van der Waals surface area contributed by atoms with E-state index in [2.05, 4.69) is 10.3 Å². The second-order valence-electron chi connectivity index (χ2n) is 5.34. The van der Waals surface area contributed by atoms with Crippen LogP contribution in [0.4, 0.5) is 5.69 Å². The fraction of sp³-hybridized carbons (Fsp3) is 0.158. The summed E-state index contributed by atoms with van der Waals surface area (Å²) >= 11 is 0. The van der Waals surface area contributed by atoms with Crippen molar-refractivity contribution in [2.45, 2.75) is 12.8 Å². The Morgan fingerprint density at radius 1 is 1.12 bits per heavy atom. The second-order valence-corrected chi connectivity index (χ2v) is 5.34. The predicted molar refractivity (Wildman–Crippen MR) is 91.9 cm³/mol. The molecule has 0 spiro atoms. The molecule has 2 aromatic carbocycles. The van der Waals surface area contributed by atoms with Crippen molar-refractivity contribution in [2.24, 2.45) is 0 Å². The highest BCUT2D eigenvalue weighted by Crippen LogP contribution is 2.21. The molecule has 122 valence electrons. The minimum atomic E-state index is -0.0155. The molecule has 5 nitrogen and oxygen atoms in total. The minimum Gasteiger partial charge on any atom is -0.497 e. The molecule has 0 saturated heterocycles. The van der Waals surface area contributed by atoms with Crippen LogP contribution in [-0.4, -0.2) is 18.0 Å². The summed E-state index contributed by atoms with van der Waals surface area (Å²) in [5.74, 6) is 1.50. The molecule has 5 heteroatoms. The van der Waals surface area contributed by atoms with Crippen LogP contribution in [0.1, 0.15) is 12.0 Å². The number of ether oxygens (including phenoxy) is 1. The highest BCUT2D eigenvalue weighted by molar-refractivity contribution is 5.91. The first kappa shape index (κ1) is 15.8. The van der Waals surface area contributed by atoms with Gasteiger partial charge in [0.25, 0.3) is 0 Å². The average molecular weight is 322 g/mol. The van der Waals surface area contributed by atoms with Gasteiger partial charge in [-0.15, -0.1) is 0 Å². The summed E-state index contributed by atoms with van der Waals surface area (Å²) in [6.07, 6.45) is 4.16. The standard InChI is InChI=1S/C19H18N2O3/c1-23-17-9-2-14(3-10-17)4-11-19(22)21-16-7-5-15(6-8-16)18-12-20-13-24-18/h2-3,5-10,12-13H,4,11H2,1H3,(H,21,22). The number of carbonyl (C=O) groups excluding carboxylic acids is 1. The van der Waals surface area contributed by atoms with E-state index in [-0.39, 0.29) is 5.91 Å². The summed E-state index contributed by atoms with van der Waals surface area (Å²) in [6, 6.07) is 15.2. The second kappa shape index (κ2) is 7.46. The van der Waals surface area contributed by atoms with Crippen LogP contribution < -0.4 is 10.1 Å². The van der Waals surface area contributed by atoms with Gasteiger partial charge in [0.15, 0.2) is 12.2 Å². The number of anilines is 1. The smallest absolute Gasteiger partial charge is 0.224 e. The summed E-state index contributed by atoms with van der Waals surface area (Å²) in [5, 5.41) is 2.90. The van der Waals surface area contributed by atoms with Gasteiger partial charge in [-0.25, -0.2) is 4.98 Å². The van der Waals surface area contributed by atoms with Crippen molar-refractivity contribution < 1.29 is 13.9 Å². The molecule has 24 heavy (non-hydrogen) atoms. The Hall–Kier alpha value is -3.08. The van der Waals surface area contributed by atoms with Crippen molar-refractivity contribution in [3.63, 3.8) is 0 Å². The molecule has 0 aliphatic rings. The number of amides is 1. The van der Waals surface area contributed by atoms with Crippen molar-refractivity contribution in [2.75, 3.05) is 12.4 Å². The number of aryl methyl sites for hydroxylation is 1. The molecule has 0 unspecified atom stereocenters. The van der Waals surface area contributed by atoms with Gasteiger partial charge in [-0.05, 0) is 48.4 Å². The van der Waals surface area contributed by atoms with Crippen molar-refractivity contribution in [3.05, 3.63) is 66.7 Å². The van der Waals surface area contributed by atoms with Crippen LogP contribution in [0, 0.1) is 0 Å². The zero-order chi connectivity index (χ0) is 16.8. The zero-order valence-corrected chi connectivity index (χ0v) is 13.4. The van der Waals surface area contributed by atoms with E-state index < -0.39 is 0 Å². The maximum Gasteiger partial charge on any atom is 0.224 e. The summed E-state index contributed by atoms with van der Waals surface area (Å²) in [4.78, 5) is 15.9. The highest BCUT2D eigenvalue weighted by atomic mass is 16.5. The fourth-order valence-electron chi connectivity index (χ4n) is 2.35. The Bertz CT molecular complexity index is 778. The lowest BCUT2D eigenvalue weighted by molar-refractivity contribution is -0.116. The lowest BCUT2D eigenvalue weighted by atomic mass is 10.1. The van der Waals surface area contributed by atoms with Crippen LogP contribution in [0.15, 0.2) is 65.5 Å². The molecule has 0 aliphatic carbocycles. The Kier molecular flexibility index (Phi) is 4.91. The van der Waals surface area contributed by atoms with Crippen LogP contribution in [0.2, 0.25) is 0 Å². The summed E-state index contributed by atoms with van der Waals surface area (Å²) in [7, 11) is 1.64. The first-order valence-corrected chi connectivity index (χ1v) is 7.66. The molecule has 0 saturated carbocycles. The monoisotopic (exact) mass is 322 g/mol. The number of hydrogen-bond donors (Lipinski definition) is 1. The molecule has 3 rings (SSSR count). The van der Waals surface area contributed by atoms with Gasteiger partial charge in [0.1, 0.15) is 5.75 Å². The quantitative estimate of drug-likeness (QED) is 0.747. The predicted octanol–water partition coefficient (Wildman–Crippen LogP) is 3.92. The van der Waals surface area contributed by atoms with E-state index in [0.29, 0.717) is 18.6 Å². The molecule has 0 bridgehead atoms. The van der Waals surface area contributed by atoms with Gasteiger partial charge in [-0.1, -0.05) is 12.1 Å². The lowest BCUT2D eigenvalue weighted by Gasteiger charge is -2.06. The van der Waals surface area contributed by atoms with Crippen LogP contribution in [0.5, 0.6) is 5.75 Å². The topological polar surface area (TPSA) is 64.4 Å². The fourth-order valence-corrected chi connectivity index (χ4v) is 2.35. The molecule has 0 fully saturated rings. The van der Waals surface area contributed by atoms with Gasteiger partial charge in [0, 0.05) is 17.7 Å². The van der Waals surface area contributed by atoms with E-state index >= 15 is 0 Å². The van der Waals surface area contributed by atoms with Gasteiger partial charge in [0.05, 0.1) is 13.3 Å². The van der Waals surface area contributed by atoms with Gasteiger partial charge >= 0.3 is 0 Å². The third-order valence-electron chi connectivity index (χ3n) is 3.69. The van der Waals surface area contributed by atoms with E-state index in [1.54, 1.807) is 13.3 Å². The Labute approximate surface area is 140 Å². The number of hydrogen-bond acceptors (Lipinski definition) is 4. The number of oxazole rings is 1. The van der Waals surface area contributed by atoms with E-state index in [0.717, 1.165) is 22.6 Å². The van der Waals surface area contributed by atoms with Crippen LogP contribution >= 0.6 is 0 Å². The van der Waals surface area contributed by atoms with Crippen LogP contribution in [-0.2, 0) is 11.2 Å². The number of rotatable bonds is 6. The van der Waals surface area contributed by atoms with E-state index in [1.165, 1.54) is 6.39 Å². The van der Waals surface area contributed by atoms with Gasteiger partial charge in [-0.2, -0.15) is 0 Å². The molecular weight excluding hydrogens is 304 g/mol. The summed E-state index contributed by atoms with van der Waals surface area (Å²) in [6.45, 7) is 0. The molecular formula is C19H18N2O3. The number of nitrogens with zero attached hydrogens (tertiary/aromatic N) is 1. The van der Waals surface area contributed by atoms with Gasteiger partial charge in [0.2, 0.25) is 5.91 Å². The zero-order valence-electron chi connectivity index (χ0n) is 13.4. The van der Waals surface area contributed by atoms with Gasteiger partial charge < -0.3 is 14.5 Å². The van der Waals surface area contributed by atoms with E-state index in [4.69, 9.17) is 9.15 Å². The van der Waals surface area contributed by atoms with Crippen molar-refractivity contribution in [1.82, 2.24) is 4.98 Å². The summed E-state index contributed by atoms with van der Waals surface area (Å²) < 4.78 is 10.4. The number of nitrogens with one attached hydrogen (secondary N) is 1. The Morgan fingerprint density at radius 2 is 1.88 bits per heavy atom. The van der Waals surface area contributed by atoms with E-state index in [1.807, 2.05) is 48.5 Å².